The number of anilines is 1. The van der Waals surface area contributed by atoms with Gasteiger partial charge in [0.1, 0.15) is 0 Å². The quantitative estimate of drug-likeness (QED) is 0.911. The van der Waals surface area contributed by atoms with Crippen molar-refractivity contribution in [1.82, 2.24) is 14.8 Å². The topological polar surface area (TPSA) is 66.4 Å². The van der Waals surface area contributed by atoms with Crippen LogP contribution in [0.4, 0.5) is 10.5 Å². The predicted octanol–water partition coefficient (Wildman–Crippen LogP) is 2.73. The number of rotatable bonds is 3. The number of amides is 3. The summed E-state index contributed by atoms with van der Waals surface area (Å²) in [6.45, 7) is 5.46. The summed E-state index contributed by atoms with van der Waals surface area (Å²) < 4.78 is 2.19. The summed E-state index contributed by atoms with van der Waals surface area (Å²) in [6.07, 6.45) is 2.05. The van der Waals surface area contributed by atoms with Gasteiger partial charge in [-0.05, 0) is 36.8 Å². The molecule has 6 heteroatoms. The molecule has 0 bridgehead atoms. The zero-order chi connectivity index (χ0) is 17.1. The lowest BCUT2D eigenvalue weighted by atomic mass is 10.1. The molecule has 2 aromatic rings. The van der Waals surface area contributed by atoms with Gasteiger partial charge in [0.05, 0.1) is 6.04 Å². The summed E-state index contributed by atoms with van der Waals surface area (Å²) in [5.41, 5.74) is 2.84. The molecule has 0 saturated heterocycles. The third-order valence-corrected chi connectivity index (χ3v) is 4.29. The molecule has 0 unspecified atom stereocenters. The first-order valence-electron chi connectivity index (χ1n) is 8.10. The molecule has 1 aromatic carbocycles. The SMILES string of the molecule is CC(=O)Nc1cccc(CNC(=O)N2CCn3cccc3[C@H]2C)c1. The molecule has 0 fully saturated rings. The molecule has 24 heavy (non-hydrogen) atoms. The molecule has 2 heterocycles. The van der Waals surface area contributed by atoms with Crippen molar-refractivity contribution in [2.75, 3.05) is 11.9 Å². The third kappa shape index (κ3) is 3.42. The molecule has 2 N–H and O–H groups in total. The molecular weight excluding hydrogens is 304 g/mol. The Labute approximate surface area is 141 Å². The summed E-state index contributed by atoms with van der Waals surface area (Å²) in [6, 6.07) is 11.5. The van der Waals surface area contributed by atoms with E-state index in [0.717, 1.165) is 23.5 Å². The molecule has 0 radical (unpaired) electrons. The highest BCUT2D eigenvalue weighted by Gasteiger charge is 2.27. The first-order valence-corrected chi connectivity index (χ1v) is 8.10. The maximum Gasteiger partial charge on any atom is 0.318 e. The van der Waals surface area contributed by atoms with Crippen molar-refractivity contribution in [2.24, 2.45) is 0 Å². The molecule has 1 aliphatic rings. The lowest BCUT2D eigenvalue weighted by molar-refractivity contribution is -0.114. The van der Waals surface area contributed by atoms with Gasteiger partial charge in [0.25, 0.3) is 0 Å². The Bertz CT molecular complexity index is 753. The second-order valence-corrected chi connectivity index (χ2v) is 6.04. The maximum atomic E-state index is 12.5. The molecule has 126 valence electrons. The number of carbonyl (C=O) groups excluding carboxylic acids is 2. The lowest BCUT2D eigenvalue weighted by Gasteiger charge is -2.34. The number of hydrogen-bond donors (Lipinski definition) is 2. The molecule has 1 atom stereocenters. The van der Waals surface area contributed by atoms with E-state index in [2.05, 4.69) is 27.5 Å². The number of carbonyl (C=O) groups is 2. The second-order valence-electron chi connectivity index (χ2n) is 6.04. The zero-order valence-corrected chi connectivity index (χ0v) is 14.0. The number of fused-ring (bicyclic) bond motifs is 1. The third-order valence-electron chi connectivity index (χ3n) is 4.29. The average molecular weight is 326 g/mol. The maximum absolute atomic E-state index is 12.5. The van der Waals surface area contributed by atoms with E-state index in [0.29, 0.717) is 13.1 Å². The Morgan fingerprint density at radius 2 is 2.04 bits per heavy atom. The molecule has 0 spiro atoms. The normalized spacial score (nSPS) is 16.4. The van der Waals surface area contributed by atoms with E-state index in [9.17, 15) is 9.59 Å². The highest BCUT2D eigenvalue weighted by Crippen LogP contribution is 2.25. The average Bonchev–Trinajstić information content (AvgIpc) is 3.02. The first kappa shape index (κ1) is 16.1. The Hall–Kier alpha value is -2.76. The summed E-state index contributed by atoms with van der Waals surface area (Å²) >= 11 is 0. The van der Waals surface area contributed by atoms with E-state index in [1.165, 1.54) is 6.92 Å². The van der Waals surface area contributed by atoms with Crippen molar-refractivity contribution in [3.63, 3.8) is 0 Å². The monoisotopic (exact) mass is 326 g/mol. The van der Waals surface area contributed by atoms with E-state index in [4.69, 9.17) is 0 Å². The summed E-state index contributed by atoms with van der Waals surface area (Å²) in [5, 5.41) is 5.71. The fourth-order valence-electron chi connectivity index (χ4n) is 3.10. The van der Waals surface area contributed by atoms with Crippen molar-refractivity contribution in [2.45, 2.75) is 33.0 Å². The van der Waals surface area contributed by atoms with Gasteiger partial charge in [-0.25, -0.2) is 4.79 Å². The van der Waals surface area contributed by atoms with Crippen LogP contribution in [0.1, 0.15) is 31.1 Å². The highest BCUT2D eigenvalue weighted by atomic mass is 16.2. The van der Waals surface area contributed by atoms with Crippen molar-refractivity contribution >= 4 is 17.6 Å². The Morgan fingerprint density at radius 3 is 2.83 bits per heavy atom. The Morgan fingerprint density at radius 1 is 1.21 bits per heavy atom. The van der Waals surface area contributed by atoms with Crippen LogP contribution in [0.15, 0.2) is 42.6 Å². The van der Waals surface area contributed by atoms with Gasteiger partial charge < -0.3 is 20.1 Å². The van der Waals surface area contributed by atoms with Crippen LogP contribution < -0.4 is 10.6 Å². The largest absolute Gasteiger partial charge is 0.348 e. The molecule has 1 aliphatic heterocycles. The zero-order valence-electron chi connectivity index (χ0n) is 14.0. The van der Waals surface area contributed by atoms with Crippen molar-refractivity contribution in [3.05, 3.63) is 53.9 Å². The van der Waals surface area contributed by atoms with E-state index in [-0.39, 0.29) is 18.0 Å². The van der Waals surface area contributed by atoms with Crippen molar-refractivity contribution in [3.8, 4) is 0 Å². The van der Waals surface area contributed by atoms with E-state index in [1.807, 2.05) is 42.2 Å². The van der Waals surface area contributed by atoms with Crippen LogP contribution in [0.3, 0.4) is 0 Å². The number of aromatic nitrogens is 1. The number of hydrogen-bond acceptors (Lipinski definition) is 2. The second kappa shape index (κ2) is 6.78. The fraction of sp³-hybridized carbons (Fsp3) is 0.333. The molecule has 0 aliphatic carbocycles. The smallest absolute Gasteiger partial charge is 0.318 e. The molecule has 1 aromatic heterocycles. The van der Waals surface area contributed by atoms with Crippen LogP contribution >= 0.6 is 0 Å². The molecule has 6 nitrogen and oxygen atoms in total. The van der Waals surface area contributed by atoms with Gasteiger partial charge in [0.15, 0.2) is 0 Å². The number of nitrogens with one attached hydrogen (secondary N) is 2. The number of nitrogens with zero attached hydrogens (tertiary/aromatic N) is 2. The predicted molar refractivity (Wildman–Crippen MR) is 92.5 cm³/mol. The number of benzene rings is 1. The van der Waals surface area contributed by atoms with Crippen LogP contribution in [0.2, 0.25) is 0 Å². The standard InChI is InChI=1S/C18H22N4O2/c1-13-17-7-4-8-21(17)9-10-22(13)18(24)19-12-15-5-3-6-16(11-15)20-14(2)23/h3-8,11,13H,9-10,12H2,1-2H3,(H,19,24)(H,20,23)/t13-/m1/s1. The van der Waals surface area contributed by atoms with Gasteiger partial charge in [-0.3, -0.25) is 4.79 Å². The first-order chi connectivity index (χ1) is 11.5. The minimum atomic E-state index is -0.110. The van der Waals surface area contributed by atoms with Crippen LogP contribution in [-0.2, 0) is 17.9 Å². The highest BCUT2D eigenvalue weighted by molar-refractivity contribution is 5.88. The van der Waals surface area contributed by atoms with Gasteiger partial charge >= 0.3 is 6.03 Å². The number of urea groups is 1. The van der Waals surface area contributed by atoms with Gasteiger partial charge in [-0.2, -0.15) is 0 Å². The van der Waals surface area contributed by atoms with Crippen molar-refractivity contribution < 1.29 is 9.59 Å². The van der Waals surface area contributed by atoms with E-state index in [1.54, 1.807) is 0 Å². The molecular formula is C18H22N4O2. The molecule has 0 saturated carbocycles. The Balaban J connectivity index is 1.61. The van der Waals surface area contributed by atoms with Crippen LogP contribution in [0, 0.1) is 0 Å². The summed E-state index contributed by atoms with van der Waals surface area (Å²) in [7, 11) is 0. The van der Waals surface area contributed by atoms with Crippen LogP contribution in [-0.4, -0.2) is 28.0 Å². The molecule has 3 amide bonds. The van der Waals surface area contributed by atoms with Gasteiger partial charge in [0.2, 0.25) is 5.91 Å². The van der Waals surface area contributed by atoms with E-state index >= 15 is 0 Å². The van der Waals surface area contributed by atoms with Crippen molar-refractivity contribution in [1.29, 1.82) is 0 Å². The summed E-state index contributed by atoms with van der Waals surface area (Å²) in [4.78, 5) is 25.5. The van der Waals surface area contributed by atoms with Crippen LogP contribution in [0.5, 0.6) is 0 Å². The van der Waals surface area contributed by atoms with Gasteiger partial charge in [-0.15, -0.1) is 0 Å². The molecule has 3 rings (SSSR count). The fourth-order valence-corrected chi connectivity index (χ4v) is 3.10. The lowest BCUT2D eigenvalue weighted by Crippen LogP contribution is -2.45. The van der Waals surface area contributed by atoms with Crippen LogP contribution in [0.25, 0.3) is 0 Å². The van der Waals surface area contributed by atoms with E-state index < -0.39 is 0 Å². The van der Waals surface area contributed by atoms with Gasteiger partial charge in [-0.1, -0.05) is 12.1 Å². The summed E-state index contributed by atoms with van der Waals surface area (Å²) in [5.74, 6) is -0.110. The minimum Gasteiger partial charge on any atom is -0.348 e. The minimum absolute atomic E-state index is 0.0551. The Kier molecular flexibility index (Phi) is 4.55. The van der Waals surface area contributed by atoms with Gasteiger partial charge in [0, 0.05) is 44.1 Å².